The van der Waals surface area contributed by atoms with Gasteiger partial charge < -0.3 is 13.9 Å². The number of thiophene rings is 1. The Labute approximate surface area is 223 Å². The molecule has 0 bridgehead atoms. The number of carbonyl (C=O) groups is 1. The lowest BCUT2D eigenvalue weighted by Gasteiger charge is -2.23. The Morgan fingerprint density at radius 2 is 2.11 bits per heavy atom. The van der Waals surface area contributed by atoms with E-state index in [9.17, 15) is 19.7 Å². The smallest absolute Gasteiger partial charge is 0.338 e. The van der Waals surface area contributed by atoms with Crippen molar-refractivity contribution >= 4 is 40.4 Å². The first kappa shape index (κ1) is 25.4. The molecular weight excluding hydrogens is 530 g/mol. The topological polar surface area (TPSA) is 126 Å². The molecule has 0 spiro atoms. The number of allylic oxidation sites excluding steroid dienone is 1. The zero-order valence-electron chi connectivity index (χ0n) is 20.5. The maximum absolute atomic E-state index is 13.6. The fourth-order valence-corrected chi connectivity index (χ4v) is 6.06. The first-order valence-corrected chi connectivity index (χ1v) is 13.2. The van der Waals surface area contributed by atoms with Crippen LogP contribution >= 0.6 is 22.7 Å². The normalized spacial score (nSPS) is 15.2. The Morgan fingerprint density at radius 3 is 2.79 bits per heavy atom. The number of esters is 1. The summed E-state index contributed by atoms with van der Waals surface area (Å²) in [6.45, 7) is 3.66. The molecule has 38 heavy (non-hydrogen) atoms. The van der Waals surface area contributed by atoms with Crippen molar-refractivity contribution in [2.45, 2.75) is 19.9 Å². The summed E-state index contributed by atoms with van der Waals surface area (Å²) in [5.41, 5.74) is 0.801. The quantitative estimate of drug-likeness (QED) is 0.193. The molecule has 194 valence electrons. The van der Waals surface area contributed by atoms with Crippen LogP contribution in [0.3, 0.4) is 0 Å². The van der Waals surface area contributed by atoms with Gasteiger partial charge in [-0.3, -0.25) is 19.5 Å². The lowest BCUT2D eigenvalue weighted by Crippen LogP contribution is -2.39. The van der Waals surface area contributed by atoms with Crippen molar-refractivity contribution in [2.75, 3.05) is 13.7 Å². The molecule has 0 amide bonds. The number of hydrogen-bond donors (Lipinski definition) is 0. The number of benzene rings is 1. The third-order valence-corrected chi connectivity index (χ3v) is 7.80. The summed E-state index contributed by atoms with van der Waals surface area (Å²) in [4.78, 5) is 43.1. The van der Waals surface area contributed by atoms with E-state index in [2.05, 4.69) is 4.99 Å². The molecule has 1 atom stereocenters. The van der Waals surface area contributed by atoms with Gasteiger partial charge in [0.2, 0.25) is 0 Å². The highest BCUT2D eigenvalue weighted by Crippen LogP contribution is 2.35. The van der Waals surface area contributed by atoms with Crippen molar-refractivity contribution in [1.82, 2.24) is 4.57 Å². The first-order chi connectivity index (χ1) is 18.3. The number of nitro groups is 1. The van der Waals surface area contributed by atoms with Gasteiger partial charge >= 0.3 is 5.97 Å². The fourth-order valence-electron chi connectivity index (χ4n) is 4.21. The summed E-state index contributed by atoms with van der Waals surface area (Å²) in [5, 5.41) is 13.1. The van der Waals surface area contributed by atoms with Crippen LogP contribution in [-0.2, 0) is 9.53 Å². The molecule has 1 aliphatic rings. The number of carbonyl (C=O) groups excluding carboxylic acids is 1. The van der Waals surface area contributed by atoms with Gasteiger partial charge in [0, 0.05) is 23.1 Å². The van der Waals surface area contributed by atoms with E-state index in [1.165, 1.54) is 52.5 Å². The number of ether oxygens (including phenoxy) is 2. The monoisotopic (exact) mass is 551 g/mol. The molecule has 1 aliphatic heterocycles. The van der Waals surface area contributed by atoms with Gasteiger partial charge in [-0.2, -0.15) is 0 Å². The van der Waals surface area contributed by atoms with E-state index in [0.29, 0.717) is 43.4 Å². The maximum Gasteiger partial charge on any atom is 0.338 e. The second kappa shape index (κ2) is 10.2. The van der Waals surface area contributed by atoms with Crippen molar-refractivity contribution in [1.29, 1.82) is 0 Å². The number of hydrogen-bond acceptors (Lipinski definition) is 10. The molecule has 4 heterocycles. The SMILES string of the molecule is CCOC(=O)C1=C(C)N=c2s/c(=C/c3ccc(-c4cc([N+](=O)[O-])ccc4OC)o3)c(=O)n2C1c1cccs1. The molecule has 1 aromatic carbocycles. The molecule has 10 nitrogen and oxygen atoms in total. The van der Waals surface area contributed by atoms with Crippen LogP contribution in [0.4, 0.5) is 5.69 Å². The number of non-ortho nitro benzene ring substituents is 1. The van der Waals surface area contributed by atoms with E-state index < -0.39 is 16.9 Å². The summed E-state index contributed by atoms with van der Waals surface area (Å²) >= 11 is 2.62. The third-order valence-electron chi connectivity index (χ3n) is 5.89. The molecule has 5 rings (SSSR count). The Bertz CT molecular complexity index is 1760. The van der Waals surface area contributed by atoms with Gasteiger partial charge in [0.15, 0.2) is 4.80 Å². The van der Waals surface area contributed by atoms with Crippen molar-refractivity contribution in [3.8, 4) is 17.1 Å². The molecule has 12 heteroatoms. The van der Waals surface area contributed by atoms with Crippen LogP contribution in [0.1, 0.15) is 30.5 Å². The number of aromatic nitrogens is 1. The molecule has 4 aromatic rings. The van der Waals surface area contributed by atoms with Gasteiger partial charge in [-0.25, -0.2) is 9.79 Å². The molecular formula is C26H21N3O7S2. The molecule has 3 aromatic heterocycles. The number of nitrogens with zero attached hydrogens (tertiary/aromatic N) is 3. The van der Waals surface area contributed by atoms with Crippen LogP contribution in [0.5, 0.6) is 5.75 Å². The van der Waals surface area contributed by atoms with Crippen molar-refractivity contribution in [3.05, 3.63) is 99.6 Å². The first-order valence-electron chi connectivity index (χ1n) is 11.5. The number of thiazole rings is 1. The van der Waals surface area contributed by atoms with Crippen LogP contribution in [-0.4, -0.2) is 29.2 Å². The number of rotatable bonds is 7. The molecule has 0 aliphatic carbocycles. The maximum atomic E-state index is 13.6. The summed E-state index contributed by atoms with van der Waals surface area (Å²) in [6, 6.07) is 10.6. The van der Waals surface area contributed by atoms with Gasteiger partial charge in [0.05, 0.1) is 40.0 Å². The highest BCUT2D eigenvalue weighted by atomic mass is 32.1. The van der Waals surface area contributed by atoms with Gasteiger partial charge in [-0.05, 0) is 43.5 Å². The Kier molecular flexibility index (Phi) is 6.83. The number of furan rings is 1. The molecule has 1 unspecified atom stereocenters. The molecule has 0 N–H and O–H groups in total. The highest BCUT2D eigenvalue weighted by Gasteiger charge is 2.34. The zero-order chi connectivity index (χ0) is 27.0. The molecule has 0 saturated carbocycles. The van der Waals surface area contributed by atoms with E-state index in [1.807, 2.05) is 17.5 Å². The number of methoxy groups -OCH3 is 1. The number of fused-ring (bicyclic) bond motifs is 1. The van der Waals surface area contributed by atoms with Crippen LogP contribution in [0.2, 0.25) is 0 Å². The van der Waals surface area contributed by atoms with Crippen molar-refractivity contribution in [3.63, 3.8) is 0 Å². The van der Waals surface area contributed by atoms with E-state index >= 15 is 0 Å². The average Bonchev–Trinajstić information content (AvgIpc) is 3.65. The minimum Gasteiger partial charge on any atom is -0.496 e. The summed E-state index contributed by atoms with van der Waals surface area (Å²) in [5.74, 6) is 0.617. The van der Waals surface area contributed by atoms with Gasteiger partial charge in [0.25, 0.3) is 11.2 Å². The average molecular weight is 552 g/mol. The largest absolute Gasteiger partial charge is 0.496 e. The summed E-state index contributed by atoms with van der Waals surface area (Å²) < 4.78 is 18.4. The Hall–Kier alpha value is -4.29. The van der Waals surface area contributed by atoms with Crippen LogP contribution in [0.25, 0.3) is 17.4 Å². The van der Waals surface area contributed by atoms with Crippen molar-refractivity contribution in [2.24, 2.45) is 4.99 Å². The van der Waals surface area contributed by atoms with Gasteiger partial charge in [-0.15, -0.1) is 11.3 Å². The zero-order valence-corrected chi connectivity index (χ0v) is 22.1. The third kappa shape index (κ3) is 4.48. The van der Waals surface area contributed by atoms with E-state index in [-0.39, 0.29) is 17.9 Å². The molecule has 0 radical (unpaired) electrons. The van der Waals surface area contributed by atoms with Gasteiger partial charge in [0.1, 0.15) is 23.3 Å². The summed E-state index contributed by atoms with van der Waals surface area (Å²) in [6.07, 6.45) is 1.59. The number of nitro benzene ring substituents is 1. The van der Waals surface area contributed by atoms with Gasteiger partial charge in [-0.1, -0.05) is 17.4 Å². The second-order valence-electron chi connectivity index (χ2n) is 8.16. The standard InChI is InChI=1S/C26H21N3O7S2/c1-4-35-25(31)22-14(2)27-26-28(23(22)20-6-5-11-37-20)24(30)21(38-26)13-16-8-10-19(36-16)17-12-15(29(32)33)7-9-18(17)34-3/h5-13,23H,4H2,1-3H3/b21-13+. The van der Waals surface area contributed by atoms with Crippen LogP contribution in [0.15, 0.2) is 73.3 Å². The van der Waals surface area contributed by atoms with E-state index in [0.717, 1.165) is 4.88 Å². The van der Waals surface area contributed by atoms with E-state index in [1.54, 1.807) is 32.1 Å². The minimum atomic E-state index is -0.659. The highest BCUT2D eigenvalue weighted by molar-refractivity contribution is 7.10. The lowest BCUT2D eigenvalue weighted by atomic mass is 10.0. The molecule has 0 saturated heterocycles. The predicted octanol–water partition coefficient (Wildman–Crippen LogP) is 4.04. The summed E-state index contributed by atoms with van der Waals surface area (Å²) in [7, 11) is 1.46. The Balaban J connectivity index is 1.61. The van der Waals surface area contributed by atoms with E-state index in [4.69, 9.17) is 13.9 Å². The van der Waals surface area contributed by atoms with Crippen LogP contribution < -0.4 is 19.6 Å². The predicted molar refractivity (Wildman–Crippen MR) is 142 cm³/mol. The van der Waals surface area contributed by atoms with Crippen LogP contribution in [0, 0.1) is 10.1 Å². The fraction of sp³-hybridized carbons (Fsp3) is 0.192. The Morgan fingerprint density at radius 1 is 1.29 bits per heavy atom. The minimum absolute atomic E-state index is 0.103. The lowest BCUT2D eigenvalue weighted by molar-refractivity contribution is -0.384. The second-order valence-corrected chi connectivity index (χ2v) is 10.1. The van der Waals surface area contributed by atoms with Crippen molar-refractivity contribution < 1.29 is 23.6 Å². The molecule has 0 fully saturated rings.